The van der Waals surface area contributed by atoms with E-state index in [4.69, 9.17) is 9.15 Å². The summed E-state index contributed by atoms with van der Waals surface area (Å²) in [6, 6.07) is 15.0. The molecule has 0 fully saturated rings. The summed E-state index contributed by atoms with van der Waals surface area (Å²) >= 11 is 0. The molecule has 0 bridgehead atoms. The summed E-state index contributed by atoms with van der Waals surface area (Å²) in [5.74, 6) is 0.659. The van der Waals surface area contributed by atoms with Crippen LogP contribution in [-0.2, 0) is 0 Å². The third kappa shape index (κ3) is 1.89. The molecule has 4 nitrogen and oxygen atoms in total. The van der Waals surface area contributed by atoms with E-state index < -0.39 is 0 Å². The SMILES string of the molecule is COc1ccc2c(-c3c[nH]c4ccccc34)cc(=O)oc2c1. The van der Waals surface area contributed by atoms with Crippen LogP contribution in [0, 0.1) is 0 Å². The molecular formula is C18H13NO3. The number of H-pyrrole nitrogens is 1. The summed E-state index contributed by atoms with van der Waals surface area (Å²) in [5, 5.41) is 1.95. The maximum atomic E-state index is 11.9. The number of hydrogen-bond donors (Lipinski definition) is 1. The van der Waals surface area contributed by atoms with Crippen LogP contribution in [0.2, 0.25) is 0 Å². The van der Waals surface area contributed by atoms with Crippen LogP contribution in [-0.4, -0.2) is 12.1 Å². The number of hydrogen-bond acceptors (Lipinski definition) is 3. The van der Waals surface area contributed by atoms with E-state index in [0.717, 1.165) is 27.4 Å². The zero-order valence-corrected chi connectivity index (χ0v) is 11.9. The van der Waals surface area contributed by atoms with Gasteiger partial charge in [-0.15, -0.1) is 0 Å². The highest BCUT2D eigenvalue weighted by atomic mass is 16.5. The summed E-state index contributed by atoms with van der Waals surface area (Å²) in [6.07, 6.45) is 1.92. The van der Waals surface area contributed by atoms with E-state index in [-0.39, 0.29) is 5.63 Å². The van der Waals surface area contributed by atoms with Crippen LogP contribution >= 0.6 is 0 Å². The molecule has 0 aliphatic carbocycles. The second-order valence-corrected chi connectivity index (χ2v) is 5.09. The van der Waals surface area contributed by atoms with Gasteiger partial charge < -0.3 is 14.1 Å². The minimum atomic E-state index is -0.374. The average molecular weight is 291 g/mol. The fourth-order valence-corrected chi connectivity index (χ4v) is 2.79. The molecule has 0 unspecified atom stereocenters. The molecule has 0 atom stereocenters. The Balaban J connectivity index is 2.08. The van der Waals surface area contributed by atoms with E-state index in [1.165, 1.54) is 6.07 Å². The Morgan fingerprint density at radius 1 is 1.00 bits per heavy atom. The molecule has 4 rings (SSSR count). The lowest BCUT2D eigenvalue weighted by Gasteiger charge is -2.06. The molecule has 4 heteroatoms. The number of aromatic amines is 1. The third-order valence-electron chi connectivity index (χ3n) is 3.83. The highest BCUT2D eigenvalue weighted by molar-refractivity contribution is 6.03. The molecule has 108 valence electrons. The number of rotatable bonds is 2. The standard InChI is InChI=1S/C18H13NO3/c1-21-11-6-7-13-14(9-18(20)22-17(13)8-11)15-10-19-16-5-3-2-4-12(15)16/h2-10,19H,1H3. The molecule has 22 heavy (non-hydrogen) atoms. The van der Waals surface area contributed by atoms with Crippen LogP contribution < -0.4 is 10.4 Å². The molecule has 0 radical (unpaired) electrons. The molecule has 2 aromatic heterocycles. The monoisotopic (exact) mass is 291 g/mol. The van der Waals surface area contributed by atoms with Gasteiger partial charge in [-0.1, -0.05) is 18.2 Å². The Morgan fingerprint density at radius 2 is 1.86 bits per heavy atom. The van der Waals surface area contributed by atoms with Gasteiger partial charge in [0, 0.05) is 45.7 Å². The molecule has 2 heterocycles. The third-order valence-corrected chi connectivity index (χ3v) is 3.83. The van der Waals surface area contributed by atoms with E-state index >= 15 is 0 Å². The molecule has 0 saturated carbocycles. The number of methoxy groups -OCH3 is 1. The van der Waals surface area contributed by atoms with Crippen LogP contribution in [0.1, 0.15) is 0 Å². The Bertz CT molecular complexity index is 1040. The van der Waals surface area contributed by atoms with Crippen LogP contribution in [0.4, 0.5) is 0 Å². The summed E-state index contributed by atoms with van der Waals surface area (Å²) in [6.45, 7) is 0. The first-order valence-electron chi connectivity index (χ1n) is 6.94. The van der Waals surface area contributed by atoms with E-state index in [1.807, 2.05) is 42.6 Å². The van der Waals surface area contributed by atoms with Gasteiger partial charge in [-0.2, -0.15) is 0 Å². The van der Waals surface area contributed by atoms with Gasteiger partial charge in [0.1, 0.15) is 11.3 Å². The zero-order valence-electron chi connectivity index (χ0n) is 11.9. The van der Waals surface area contributed by atoms with Gasteiger partial charge in [-0.25, -0.2) is 4.79 Å². The normalized spacial score (nSPS) is 11.1. The Hall–Kier alpha value is -3.01. The van der Waals surface area contributed by atoms with E-state index in [1.54, 1.807) is 13.2 Å². The van der Waals surface area contributed by atoms with Gasteiger partial charge in [0.05, 0.1) is 7.11 Å². The van der Waals surface area contributed by atoms with E-state index in [9.17, 15) is 4.79 Å². The first-order chi connectivity index (χ1) is 10.8. The minimum Gasteiger partial charge on any atom is -0.497 e. The second kappa shape index (κ2) is 4.77. The number of nitrogens with one attached hydrogen (secondary N) is 1. The van der Waals surface area contributed by atoms with Crippen molar-refractivity contribution in [2.75, 3.05) is 7.11 Å². The fourth-order valence-electron chi connectivity index (χ4n) is 2.79. The Morgan fingerprint density at radius 3 is 2.73 bits per heavy atom. The molecule has 0 spiro atoms. The molecule has 1 N–H and O–H groups in total. The number of benzene rings is 2. The van der Waals surface area contributed by atoms with Crippen LogP contribution in [0.5, 0.6) is 5.75 Å². The lowest BCUT2D eigenvalue weighted by Crippen LogP contribution is -1.98. The Kier molecular flexibility index (Phi) is 2.76. The van der Waals surface area contributed by atoms with Gasteiger partial charge in [0.2, 0.25) is 0 Å². The van der Waals surface area contributed by atoms with Crippen molar-refractivity contribution in [1.82, 2.24) is 4.98 Å². The van der Waals surface area contributed by atoms with E-state index in [2.05, 4.69) is 4.98 Å². The second-order valence-electron chi connectivity index (χ2n) is 5.09. The van der Waals surface area contributed by atoms with Crippen molar-refractivity contribution in [1.29, 1.82) is 0 Å². The molecule has 0 aliphatic rings. The largest absolute Gasteiger partial charge is 0.497 e. The van der Waals surface area contributed by atoms with E-state index in [0.29, 0.717) is 11.3 Å². The average Bonchev–Trinajstić information content (AvgIpc) is 2.97. The fraction of sp³-hybridized carbons (Fsp3) is 0.0556. The van der Waals surface area contributed by atoms with Crippen molar-refractivity contribution in [3.8, 4) is 16.9 Å². The summed E-state index contributed by atoms with van der Waals surface area (Å²) < 4.78 is 10.5. The van der Waals surface area contributed by atoms with Crippen molar-refractivity contribution in [2.45, 2.75) is 0 Å². The van der Waals surface area contributed by atoms with Gasteiger partial charge in [0.15, 0.2) is 0 Å². The highest BCUT2D eigenvalue weighted by Gasteiger charge is 2.12. The van der Waals surface area contributed by atoms with Crippen molar-refractivity contribution in [3.63, 3.8) is 0 Å². The molecular weight excluding hydrogens is 278 g/mol. The number of ether oxygens (including phenoxy) is 1. The van der Waals surface area contributed by atoms with Gasteiger partial charge in [-0.05, 0) is 18.2 Å². The topological polar surface area (TPSA) is 55.2 Å². The number of fused-ring (bicyclic) bond motifs is 2. The predicted octanol–water partition coefficient (Wildman–Crippen LogP) is 3.95. The van der Waals surface area contributed by atoms with Gasteiger partial charge in [0.25, 0.3) is 0 Å². The van der Waals surface area contributed by atoms with Gasteiger partial charge in [-0.3, -0.25) is 0 Å². The molecule has 2 aromatic carbocycles. The maximum absolute atomic E-state index is 11.9. The quantitative estimate of drug-likeness (QED) is 0.569. The minimum absolute atomic E-state index is 0.374. The number of para-hydroxylation sites is 1. The highest BCUT2D eigenvalue weighted by Crippen LogP contribution is 2.33. The maximum Gasteiger partial charge on any atom is 0.336 e. The summed E-state index contributed by atoms with van der Waals surface area (Å²) in [4.78, 5) is 15.2. The Labute approximate surface area is 126 Å². The molecule has 0 aliphatic heterocycles. The lowest BCUT2D eigenvalue weighted by atomic mass is 10.0. The smallest absolute Gasteiger partial charge is 0.336 e. The molecule has 0 amide bonds. The summed E-state index contributed by atoms with van der Waals surface area (Å²) in [5.41, 5.74) is 3.02. The number of aromatic nitrogens is 1. The first kappa shape index (κ1) is 12.7. The lowest BCUT2D eigenvalue weighted by molar-refractivity contribution is 0.414. The zero-order chi connectivity index (χ0) is 15.1. The van der Waals surface area contributed by atoms with Crippen molar-refractivity contribution in [3.05, 3.63) is 65.1 Å². The van der Waals surface area contributed by atoms with Crippen molar-refractivity contribution >= 4 is 21.9 Å². The van der Waals surface area contributed by atoms with Crippen molar-refractivity contribution in [2.24, 2.45) is 0 Å². The van der Waals surface area contributed by atoms with Crippen molar-refractivity contribution < 1.29 is 9.15 Å². The molecule has 0 saturated heterocycles. The van der Waals surface area contributed by atoms with Crippen LogP contribution in [0.15, 0.2) is 63.9 Å². The van der Waals surface area contributed by atoms with Gasteiger partial charge >= 0.3 is 5.63 Å². The summed E-state index contributed by atoms with van der Waals surface area (Å²) in [7, 11) is 1.59. The van der Waals surface area contributed by atoms with Crippen LogP contribution in [0.25, 0.3) is 33.0 Å². The first-order valence-corrected chi connectivity index (χ1v) is 6.94. The molecule has 4 aromatic rings. The predicted molar refractivity (Wildman–Crippen MR) is 86.3 cm³/mol. The van der Waals surface area contributed by atoms with Crippen LogP contribution in [0.3, 0.4) is 0 Å².